The van der Waals surface area contributed by atoms with Crippen LogP contribution in [0.3, 0.4) is 0 Å². The Hall–Kier alpha value is -0.950. The molecule has 0 spiro atoms. The van der Waals surface area contributed by atoms with Crippen LogP contribution in [-0.4, -0.2) is 32.9 Å². The lowest BCUT2D eigenvalue weighted by atomic mass is 10.2. The Morgan fingerprint density at radius 2 is 2.11 bits per heavy atom. The fraction of sp³-hybridized carbons (Fsp3) is 0.364. The van der Waals surface area contributed by atoms with Gasteiger partial charge in [-0.1, -0.05) is 0 Å². The molecule has 0 aliphatic rings. The average Bonchev–Trinajstić information content (AvgIpc) is 2.22. The molecule has 0 atom stereocenters. The number of carbonyl (C=O) groups is 1. The van der Waals surface area contributed by atoms with E-state index < -0.39 is 15.7 Å². The minimum atomic E-state index is -3.01. The van der Waals surface area contributed by atoms with Crippen molar-refractivity contribution in [1.82, 2.24) is 5.32 Å². The summed E-state index contributed by atoms with van der Waals surface area (Å²) in [6.45, 7) is 0.260. The Kier molecular flexibility index (Phi) is 5.28. The van der Waals surface area contributed by atoms with E-state index in [1.54, 1.807) is 0 Å². The molecule has 0 aliphatic heterocycles. The molecule has 0 heterocycles. The standard InChI is InChI=1S/C11H13BrFNO3S/c1-18(16,17)6-2-5-14-11(15)9-4-3-8(13)7-10(9)12/h3-4,7H,2,5-6H2,1H3,(H,14,15). The number of amides is 1. The summed E-state index contributed by atoms with van der Waals surface area (Å²) in [5.74, 6) is -0.774. The summed E-state index contributed by atoms with van der Waals surface area (Å²) in [7, 11) is -3.01. The summed E-state index contributed by atoms with van der Waals surface area (Å²) < 4.78 is 34.9. The van der Waals surface area contributed by atoms with Crippen molar-refractivity contribution in [2.24, 2.45) is 0 Å². The van der Waals surface area contributed by atoms with Gasteiger partial charge in [-0.25, -0.2) is 12.8 Å². The molecule has 0 saturated heterocycles. The van der Waals surface area contributed by atoms with Crippen LogP contribution in [0.2, 0.25) is 0 Å². The zero-order valence-electron chi connectivity index (χ0n) is 9.74. The van der Waals surface area contributed by atoms with Gasteiger partial charge < -0.3 is 5.32 Å². The number of halogens is 2. The second kappa shape index (κ2) is 6.29. The average molecular weight is 338 g/mol. The molecule has 0 aromatic heterocycles. The van der Waals surface area contributed by atoms with E-state index in [2.05, 4.69) is 21.2 Å². The molecule has 0 radical (unpaired) electrons. The second-order valence-corrected chi connectivity index (χ2v) is 6.98. The highest BCUT2D eigenvalue weighted by Crippen LogP contribution is 2.17. The molecule has 1 rings (SSSR count). The van der Waals surface area contributed by atoms with Crippen LogP contribution in [0.1, 0.15) is 16.8 Å². The maximum Gasteiger partial charge on any atom is 0.252 e. The van der Waals surface area contributed by atoms with Crippen molar-refractivity contribution in [3.05, 3.63) is 34.1 Å². The molecular weight excluding hydrogens is 325 g/mol. The number of sulfone groups is 1. The maximum absolute atomic E-state index is 12.8. The van der Waals surface area contributed by atoms with E-state index in [1.165, 1.54) is 18.2 Å². The van der Waals surface area contributed by atoms with Crippen LogP contribution in [0, 0.1) is 5.82 Å². The Balaban J connectivity index is 2.51. The van der Waals surface area contributed by atoms with Crippen LogP contribution in [0.5, 0.6) is 0 Å². The van der Waals surface area contributed by atoms with E-state index in [0.29, 0.717) is 16.5 Å². The number of hydrogen-bond donors (Lipinski definition) is 1. The number of nitrogens with one attached hydrogen (secondary N) is 1. The van der Waals surface area contributed by atoms with Crippen LogP contribution < -0.4 is 5.32 Å². The van der Waals surface area contributed by atoms with Gasteiger partial charge in [0.1, 0.15) is 15.7 Å². The molecule has 4 nitrogen and oxygen atoms in total. The summed E-state index contributed by atoms with van der Waals surface area (Å²) >= 11 is 3.09. The van der Waals surface area contributed by atoms with Gasteiger partial charge in [-0.15, -0.1) is 0 Å². The highest BCUT2D eigenvalue weighted by atomic mass is 79.9. The summed E-state index contributed by atoms with van der Waals surface area (Å²) in [5.41, 5.74) is 0.316. The molecular formula is C11H13BrFNO3S. The van der Waals surface area contributed by atoms with Crippen LogP contribution >= 0.6 is 15.9 Å². The summed E-state index contributed by atoms with van der Waals surface area (Å²) in [6, 6.07) is 3.76. The van der Waals surface area contributed by atoms with E-state index in [4.69, 9.17) is 0 Å². The third kappa shape index (κ3) is 5.14. The van der Waals surface area contributed by atoms with Crippen LogP contribution in [-0.2, 0) is 9.84 Å². The first-order chi connectivity index (χ1) is 8.29. The summed E-state index contributed by atoms with van der Waals surface area (Å²) in [5, 5.41) is 2.58. The smallest absolute Gasteiger partial charge is 0.252 e. The Morgan fingerprint density at radius 3 is 2.67 bits per heavy atom. The van der Waals surface area contributed by atoms with Crippen molar-refractivity contribution in [2.75, 3.05) is 18.6 Å². The fourth-order valence-corrected chi connectivity index (χ4v) is 2.50. The van der Waals surface area contributed by atoms with E-state index in [9.17, 15) is 17.6 Å². The van der Waals surface area contributed by atoms with Gasteiger partial charge in [0.25, 0.3) is 5.91 Å². The van der Waals surface area contributed by atoms with Crippen molar-refractivity contribution >= 4 is 31.7 Å². The minimum absolute atomic E-state index is 0.0257. The molecule has 1 N–H and O–H groups in total. The molecule has 1 aromatic carbocycles. The van der Waals surface area contributed by atoms with Gasteiger partial charge in [-0.3, -0.25) is 4.79 Å². The third-order valence-corrected chi connectivity index (χ3v) is 3.84. The normalized spacial score (nSPS) is 11.3. The van der Waals surface area contributed by atoms with E-state index in [1.807, 2.05) is 0 Å². The van der Waals surface area contributed by atoms with E-state index in [0.717, 1.165) is 6.26 Å². The molecule has 0 bridgehead atoms. The second-order valence-electron chi connectivity index (χ2n) is 3.86. The fourth-order valence-electron chi connectivity index (χ4n) is 1.31. The largest absolute Gasteiger partial charge is 0.352 e. The third-order valence-electron chi connectivity index (χ3n) is 2.15. The van der Waals surface area contributed by atoms with Gasteiger partial charge in [-0.05, 0) is 40.5 Å². The molecule has 0 fully saturated rings. The van der Waals surface area contributed by atoms with Crippen molar-refractivity contribution < 1.29 is 17.6 Å². The molecule has 0 unspecified atom stereocenters. The Morgan fingerprint density at radius 1 is 1.44 bits per heavy atom. The van der Waals surface area contributed by atoms with Crippen molar-refractivity contribution in [2.45, 2.75) is 6.42 Å². The molecule has 0 saturated carbocycles. The van der Waals surface area contributed by atoms with Gasteiger partial charge in [0.05, 0.1) is 11.3 Å². The van der Waals surface area contributed by atoms with Gasteiger partial charge in [-0.2, -0.15) is 0 Å². The van der Waals surface area contributed by atoms with E-state index >= 15 is 0 Å². The minimum Gasteiger partial charge on any atom is -0.352 e. The molecule has 18 heavy (non-hydrogen) atoms. The number of carbonyl (C=O) groups excluding carboxylic acids is 1. The lowest BCUT2D eigenvalue weighted by Crippen LogP contribution is -2.26. The van der Waals surface area contributed by atoms with Gasteiger partial charge >= 0.3 is 0 Å². The van der Waals surface area contributed by atoms with Crippen LogP contribution in [0.4, 0.5) is 4.39 Å². The Labute approximate surface area is 114 Å². The quantitative estimate of drug-likeness (QED) is 0.832. The highest BCUT2D eigenvalue weighted by Gasteiger charge is 2.10. The van der Waals surface area contributed by atoms with E-state index in [-0.39, 0.29) is 18.2 Å². The molecule has 1 amide bonds. The zero-order chi connectivity index (χ0) is 13.8. The van der Waals surface area contributed by atoms with Crippen LogP contribution in [0.25, 0.3) is 0 Å². The lowest BCUT2D eigenvalue weighted by molar-refractivity contribution is 0.0953. The first-order valence-electron chi connectivity index (χ1n) is 5.20. The number of benzene rings is 1. The highest BCUT2D eigenvalue weighted by molar-refractivity contribution is 9.10. The van der Waals surface area contributed by atoms with Gasteiger partial charge in [0.15, 0.2) is 0 Å². The van der Waals surface area contributed by atoms with Gasteiger partial charge in [0, 0.05) is 17.3 Å². The maximum atomic E-state index is 12.8. The molecule has 1 aromatic rings. The van der Waals surface area contributed by atoms with Crippen molar-refractivity contribution in [3.63, 3.8) is 0 Å². The summed E-state index contributed by atoms with van der Waals surface area (Å²) in [6.07, 6.45) is 1.49. The van der Waals surface area contributed by atoms with Crippen molar-refractivity contribution in [3.8, 4) is 0 Å². The molecule has 7 heteroatoms. The molecule has 100 valence electrons. The zero-order valence-corrected chi connectivity index (χ0v) is 12.1. The SMILES string of the molecule is CS(=O)(=O)CCCNC(=O)c1ccc(F)cc1Br. The first kappa shape index (κ1) is 15.1. The van der Waals surface area contributed by atoms with Gasteiger partial charge in [0.2, 0.25) is 0 Å². The topological polar surface area (TPSA) is 63.2 Å². The predicted octanol–water partition coefficient (Wildman–Crippen LogP) is 1.75. The molecule has 0 aliphatic carbocycles. The summed E-state index contributed by atoms with van der Waals surface area (Å²) in [4.78, 5) is 11.7. The van der Waals surface area contributed by atoms with Crippen LogP contribution in [0.15, 0.2) is 22.7 Å². The Bertz CT molecular complexity index is 545. The lowest BCUT2D eigenvalue weighted by Gasteiger charge is -2.06. The predicted molar refractivity (Wildman–Crippen MR) is 70.8 cm³/mol. The number of rotatable bonds is 5. The monoisotopic (exact) mass is 337 g/mol. The number of hydrogen-bond acceptors (Lipinski definition) is 3. The van der Waals surface area contributed by atoms with Crippen molar-refractivity contribution in [1.29, 1.82) is 0 Å². The first-order valence-corrected chi connectivity index (χ1v) is 8.06.